The Morgan fingerprint density at radius 2 is 2.08 bits per heavy atom. The van der Waals surface area contributed by atoms with Crippen LogP contribution in [0.25, 0.3) is 0 Å². The number of nitrogens with zero attached hydrogens (tertiary/aromatic N) is 1. The van der Waals surface area contributed by atoms with Gasteiger partial charge in [-0.2, -0.15) is 0 Å². The van der Waals surface area contributed by atoms with Crippen molar-refractivity contribution >= 4 is 23.1 Å². The monoisotopic (exact) mass is 360 g/mol. The molecule has 128 valence electrons. The van der Waals surface area contributed by atoms with Crippen molar-refractivity contribution in [3.05, 3.63) is 75.6 Å². The highest BCUT2D eigenvalue weighted by atomic mass is 32.1. The number of ether oxygens (including phenoxy) is 1. The normalized spacial score (nSPS) is 10.5. The summed E-state index contributed by atoms with van der Waals surface area (Å²) in [6.07, 6.45) is 1.62. The number of thiophene rings is 1. The number of carbonyl (C=O) groups excluding carboxylic acids is 1. The summed E-state index contributed by atoms with van der Waals surface area (Å²) in [4.78, 5) is 16.8. The minimum atomic E-state index is -0.765. The van der Waals surface area contributed by atoms with Gasteiger partial charge in [-0.25, -0.2) is 13.8 Å². The third-order valence-corrected chi connectivity index (χ3v) is 4.30. The van der Waals surface area contributed by atoms with Crippen LogP contribution in [-0.4, -0.2) is 10.9 Å². The van der Waals surface area contributed by atoms with Crippen LogP contribution in [0.4, 0.5) is 14.6 Å². The van der Waals surface area contributed by atoms with E-state index < -0.39 is 11.6 Å². The van der Waals surface area contributed by atoms with Gasteiger partial charge in [-0.05, 0) is 48.2 Å². The maximum absolute atomic E-state index is 13.5. The third kappa shape index (κ3) is 4.39. The van der Waals surface area contributed by atoms with Gasteiger partial charge in [0.15, 0.2) is 11.6 Å². The van der Waals surface area contributed by atoms with Gasteiger partial charge in [-0.1, -0.05) is 0 Å². The molecular formula is C18H14F2N2O2S. The first-order valence-corrected chi connectivity index (χ1v) is 8.28. The van der Waals surface area contributed by atoms with Gasteiger partial charge < -0.3 is 10.1 Å². The largest absolute Gasteiger partial charge is 0.486 e. The predicted molar refractivity (Wildman–Crippen MR) is 91.9 cm³/mol. The summed E-state index contributed by atoms with van der Waals surface area (Å²) in [6.45, 7) is 1.99. The summed E-state index contributed by atoms with van der Waals surface area (Å²) < 4.78 is 31.7. The van der Waals surface area contributed by atoms with E-state index in [0.717, 1.165) is 23.3 Å². The number of hydrogen-bond acceptors (Lipinski definition) is 4. The molecule has 0 aliphatic rings. The van der Waals surface area contributed by atoms with E-state index in [2.05, 4.69) is 10.3 Å². The molecule has 0 aliphatic carbocycles. The molecule has 3 aromatic rings. The van der Waals surface area contributed by atoms with Gasteiger partial charge in [0.2, 0.25) is 0 Å². The Balaban J connectivity index is 1.62. The molecule has 3 rings (SSSR count). The molecule has 7 heteroatoms. The lowest BCUT2D eigenvalue weighted by molar-refractivity contribution is 0.103. The van der Waals surface area contributed by atoms with E-state index >= 15 is 0 Å². The third-order valence-electron chi connectivity index (χ3n) is 3.32. The maximum Gasteiger partial charge on any atom is 0.266 e. The molecule has 4 nitrogen and oxygen atoms in total. The molecule has 1 N–H and O–H groups in total. The fourth-order valence-corrected chi connectivity index (χ4v) is 2.90. The molecule has 2 aromatic heterocycles. The number of aromatic nitrogens is 1. The Morgan fingerprint density at radius 1 is 1.24 bits per heavy atom. The number of nitrogens with one attached hydrogen (secondary N) is 1. The number of halogens is 2. The second-order valence-electron chi connectivity index (χ2n) is 5.36. The van der Waals surface area contributed by atoms with Crippen LogP contribution < -0.4 is 10.1 Å². The highest BCUT2D eigenvalue weighted by Crippen LogP contribution is 2.21. The number of anilines is 1. The number of rotatable bonds is 5. The first-order chi connectivity index (χ1) is 12.0. The van der Waals surface area contributed by atoms with E-state index in [1.807, 2.05) is 13.0 Å². The summed E-state index contributed by atoms with van der Waals surface area (Å²) in [5.74, 6) is -1.27. The van der Waals surface area contributed by atoms with Crippen molar-refractivity contribution < 1.29 is 18.3 Å². The lowest BCUT2D eigenvalue weighted by Gasteiger charge is -2.05. The zero-order valence-corrected chi connectivity index (χ0v) is 14.1. The zero-order valence-electron chi connectivity index (χ0n) is 13.3. The predicted octanol–water partition coefficient (Wildman–Crippen LogP) is 4.56. The Hall–Kier alpha value is -2.80. The highest BCUT2D eigenvalue weighted by Gasteiger charge is 2.11. The Kier molecular flexibility index (Phi) is 5.04. The van der Waals surface area contributed by atoms with Crippen molar-refractivity contribution in [2.24, 2.45) is 0 Å². The summed E-state index contributed by atoms with van der Waals surface area (Å²) in [5, 5.41) is 4.47. The maximum atomic E-state index is 13.5. The van der Waals surface area contributed by atoms with E-state index in [9.17, 15) is 13.6 Å². The molecule has 0 unspecified atom stereocenters. The molecule has 1 amide bonds. The molecule has 1 aromatic carbocycles. The molecular weight excluding hydrogens is 346 g/mol. The fourth-order valence-electron chi connectivity index (χ4n) is 2.11. The number of carbonyl (C=O) groups is 1. The number of benzene rings is 1. The average molecular weight is 360 g/mol. The van der Waals surface area contributed by atoms with E-state index in [4.69, 9.17) is 4.74 Å². The minimum absolute atomic E-state index is 0.0393. The van der Waals surface area contributed by atoms with Crippen molar-refractivity contribution in [1.29, 1.82) is 0 Å². The number of amides is 1. The van der Waals surface area contributed by atoms with Gasteiger partial charge >= 0.3 is 0 Å². The molecule has 0 bridgehead atoms. The fraction of sp³-hybridized carbons (Fsp3) is 0.111. The van der Waals surface area contributed by atoms with Crippen LogP contribution in [0.15, 0.2) is 48.0 Å². The minimum Gasteiger partial charge on any atom is -0.486 e. The molecule has 0 atom stereocenters. The topological polar surface area (TPSA) is 51.2 Å². The molecule has 2 heterocycles. The van der Waals surface area contributed by atoms with Gasteiger partial charge in [0, 0.05) is 17.8 Å². The molecule has 0 spiro atoms. The van der Waals surface area contributed by atoms with Gasteiger partial charge in [0.25, 0.3) is 5.91 Å². The summed E-state index contributed by atoms with van der Waals surface area (Å²) >= 11 is 1.25. The van der Waals surface area contributed by atoms with Crippen molar-refractivity contribution in [3.63, 3.8) is 0 Å². The van der Waals surface area contributed by atoms with E-state index in [-0.39, 0.29) is 18.3 Å². The van der Waals surface area contributed by atoms with Gasteiger partial charge in [0.05, 0.1) is 4.88 Å². The van der Waals surface area contributed by atoms with E-state index in [1.165, 1.54) is 17.4 Å². The van der Waals surface area contributed by atoms with Gasteiger partial charge in [0.1, 0.15) is 18.2 Å². The van der Waals surface area contributed by atoms with Crippen LogP contribution in [0, 0.1) is 18.6 Å². The van der Waals surface area contributed by atoms with Crippen molar-refractivity contribution in [2.45, 2.75) is 13.5 Å². The number of aryl methyl sites for hydroxylation is 1. The average Bonchev–Trinajstić information content (AvgIpc) is 3.03. The SMILES string of the molecule is Cc1ccnc(NC(=O)c2cc(COc3ccc(F)cc3F)cs2)c1. The first-order valence-electron chi connectivity index (χ1n) is 7.40. The molecule has 0 saturated carbocycles. The Morgan fingerprint density at radius 3 is 2.84 bits per heavy atom. The molecule has 0 radical (unpaired) electrons. The van der Waals surface area contributed by atoms with Crippen LogP contribution in [0.3, 0.4) is 0 Å². The van der Waals surface area contributed by atoms with Crippen molar-refractivity contribution in [3.8, 4) is 5.75 Å². The van der Waals surface area contributed by atoms with Crippen molar-refractivity contribution in [1.82, 2.24) is 4.98 Å². The smallest absolute Gasteiger partial charge is 0.266 e. The van der Waals surface area contributed by atoms with Crippen LogP contribution in [0.5, 0.6) is 5.75 Å². The summed E-state index contributed by atoms with van der Waals surface area (Å²) in [6, 6.07) is 8.39. The van der Waals surface area contributed by atoms with Crippen LogP contribution in [0.1, 0.15) is 20.8 Å². The van der Waals surface area contributed by atoms with E-state index in [0.29, 0.717) is 10.7 Å². The quantitative estimate of drug-likeness (QED) is 0.726. The van der Waals surface area contributed by atoms with E-state index in [1.54, 1.807) is 23.7 Å². The lowest BCUT2D eigenvalue weighted by Crippen LogP contribution is -2.11. The van der Waals surface area contributed by atoms with Crippen LogP contribution in [-0.2, 0) is 6.61 Å². The zero-order chi connectivity index (χ0) is 17.8. The molecule has 25 heavy (non-hydrogen) atoms. The van der Waals surface area contributed by atoms with Crippen LogP contribution >= 0.6 is 11.3 Å². The highest BCUT2D eigenvalue weighted by molar-refractivity contribution is 7.12. The Labute approximate surface area is 147 Å². The standard InChI is InChI=1S/C18H14F2N2O2S/c1-11-4-5-21-17(6-11)22-18(23)16-7-12(10-25-16)9-24-15-3-2-13(19)8-14(15)20/h2-8,10H,9H2,1H3,(H,21,22,23). The summed E-state index contributed by atoms with van der Waals surface area (Å²) in [5.41, 5.74) is 1.71. The van der Waals surface area contributed by atoms with Crippen LogP contribution in [0.2, 0.25) is 0 Å². The number of pyridine rings is 1. The second kappa shape index (κ2) is 7.40. The molecule has 0 aliphatic heterocycles. The second-order valence-corrected chi connectivity index (χ2v) is 6.27. The van der Waals surface area contributed by atoms with Crippen molar-refractivity contribution in [2.75, 3.05) is 5.32 Å². The van der Waals surface area contributed by atoms with Gasteiger partial charge in [-0.3, -0.25) is 4.79 Å². The molecule has 0 saturated heterocycles. The Bertz CT molecular complexity index is 912. The first kappa shape index (κ1) is 17.0. The molecule has 0 fully saturated rings. The van der Waals surface area contributed by atoms with Gasteiger partial charge in [-0.15, -0.1) is 11.3 Å². The summed E-state index contributed by atoms with van der Waals surface area (Å²) in [7, 11) is 0. The number of hydrogen-bond donors (Lipinski definition) is 1. The lowest BCUT2D eigenvalue weighted by atomic mass is 10.3.